The highest BCUT2D eigenvalue weighted by atomic mass is 16.5. The van der Waals surface area contributed by atoms with Gasteiger partial charge in [0.25, 0.3) is 0 Å². The molecule has 0 radical (unpaired) electrons. The summed E-state index contributed by atoms with van der Waals surface area (Å²) in [4.78, 5) is 0. The molecule has 3 heteroatoms. The second kappa shape index (κ2) is 37.3. The molecule has 0 saturated carbocycles. The Labute approximate surface area is 280 Å². The van der Waals surface area contributed by atoms with Gasteiger partial charge < -0.3 is 15.0 Å². The van der Waals surface area contributed by atoms with Gasteiger partial charge >= 0.3 is 0 Å². The van der Waals surface area contributed by atoms with Crippen LogP contribution in [-0.4, -0.2) is 50.9 Å². The molecule has 0 aromatic carbocycles. The zero-order valence-electron chi connectivity index (χ0n) is 31.3. The molecule has 3 nitrogen and oxygen atoms in total. The van der Waals surface area contributed by atoms with Crippen LogP contribution < -0.4 is 5.73 Å². The quantitative estimate of drug-likeness (QED) is 0.0546. The lowest BCUT2D eigenvalue weighted by Crippen LogP contribution is -2.48. The van der Waals surface area contributed by atoms with Gasteiger partial charge in [-0.25, -0.2) is 0 Å². The Balaban J connectivity index is 3.74. The van der Waals surface area contributed by atoms with Crippen molar-refractivity contribution in [2.75, 3.05) is 46.4 Å². The van der Waals surface area contributed by atoms with Crippen LogP contribution in [-0.2, 0) is 4.74 Å². The van der Waals surface area contributed by atoms with Crippen molar-refractivity contribution in [1.29, 1.82) is 0 Å². The number of nitrogens with two attached hydrogens (primary N) is 1. The first kappa shape index (κ1) is 43.9. The first-order valence-corrected chi connectivity index (χ1v) is 20.8. The third kappa shape index (κ3) is 34.7. The molecule has 0 bridgehead atoms. The Bertz CT molecular complexity index is 475. The van der Waals surface area contributed by atoms with E-state index in [1.54, 1.807) is 0 Å². The van der Waals surface area contributed by atoms with E-state index in [4.69, 9.17) is 10.5 Å². The SMILES string of the molecule is CCCCCCCCCCCCCCCCCC[N+](C)(CCCCCCCCCCCCCCCCCC)CCOCCN. The van der Waals surface area contributed by atoms with Gasteiger partial charge in [-0.2, -0.15) is 0 Å². The first-order chi connectivity index (χ1) is 21.7. The molecule has 0 heterocycles. The minimum absolute atomic E-state index is 0.641. The van der Waals surface area contributed by atoms with E-state index in [0.29, 0.717) is 13.2 Å². The average Bonchev–Trinajstić information content (AvgIpc) is 3.03. The zero-order valence-corrected chi connectivity index (χ0v) is 31.3. The van der Waals surface area contributed by atoms with Gasteiger partial charge in [0.1, 0.15) is 6.54 Å². The van der Waals surface area contributed by atoms with Crippen LogP contribution in [0.4, 0.5) is 0 Å². The lowest BCUT2D eigenvalue weighted by molar-refractivity contribution is -0.910. The van der Waals surface area contributed by atoms with E-state index in [2.05, 4.69) is 20.9 Å². The molecule has 0 spiro atoms. The van der Waals surface area contributed by atoms with Crippen LogP contribution >= 0.6 is 0 Å². The van der Waals surface area contributed by atoms with Gasteiger partial charge in [-0.05, 0) is 25.7 Å². The molecule has 0 fully saturated rings. The minimum Gasteiger partial charge on any atom is -0.374 e. The molecule has 0 aromatic heterocycles. The second-order valence-electron chi connectivity index (χ2n) is 14.8. The lowest BCUT2D eigenvalue weighted by Gasteiger charge is -2.35. The average molecular weight is 624 g/mol. The number of ether oxygens (including phenoxy) is 1. The van der Waals surface area contributed by atoms with Gasteiger partial charge in [-0.3, -0.25) is 0 Å². The molecule has 0 amide bonds. The fourth-order valence-corrected chi connectivity index (χ4v) is 6.89. The van der Waals surface area contributed by atoms with Gasteiger partial charge in [0.15, 0.2) is 0 Å². The predicted molar refractivity (Wildman–Crippen MR) is 200 cm³/mol. The molecule has 0 aromatic rings. The third-order valence-electron chi connectivity index (χ3n) is 10.1. The standard InChI is InChI=1S/C41H87N2O/c1-4-6-8-10-12-14-16-18-20-22-24-26-28-30-32-34-37-43(3,39-41-44-40-36-42)38-35-33-31-29-27-25-23-21-19-17-15-13-11-9-7-5-2/h4-42H2,1-3H3/q+1. The number of hydrogen-bond donors (Lipinski definition) is 1. The number of nitrogens with zero attached hydrogens (tertiary/aromatic N) is 1. The molecular weight excluding hydrogens is 536 g/mol. The van der Waals surface area contributed by atoms with Crippen LogP contribution in [0.15, 0.2) is 0 Å². The van der Waals surface area contributed by atoms with Crippen molar-refractivity contribution in [2.45, 2.75) is 219 Å². The Morgan fingerprint density at radius 1 is 0.341 bits per heavy atom. The summed E-state index contributed by atoms with van der Waals surface area (Å²) in [5, 5.41) is 0. The van der Waals surface area contributed by atoms with E-state index >= 15 is 0 Å². The van der Waals surface area contributed by atoms with Crippen LogP contribution in [0.2, 0.25) is 0 Å². The van der Waals surface area contributed by atoms with E-state index in [-0.39, 0.29) is 0 Å². The van der Waals surface area contributed by atoms with Crippen LogP contribution in [0.3, 0.4) is 0 Å². The molecule has 266 valence electrons. The topological polar surface area (TPSA) is 35.2 Å². The Morgan fingerprint density at radius 2 is 0.591 bits per heavy atom. The molecule has 44 heavy (non-hydrogen) atoms. The molecule has 0 atom stereocenters. The van der Waals surface area contributed by atoms with E-state index in [9.17, 15) is 0 Å². The molecule has 0 aliphatic carbocycles. The van der Waals surface area contributed by atoms with Crippen molar-refractivity contribution in [1.82, 2.24) is 0 Å². The Hall–Kier alpha value is -0.120. The molecule has 0 aliphatic heterocycles. The number of quaternary nitrogens is 1. The fourth-order valence-electron chi connectivity index (χ4n) is 6.89. The van der Waals surface area contributed by atoms with E-state index in [1.807, 2.05) is 0 Å². The van der Waals surface area contributed by atoms with Crippen LogP contribution in [0.25, 0.3) is 0 Å². The maximum Gasteiger partial charge on any atom is 0.102 e. The second-order valence-corrected chi connectivity index (χ2v) is 14.8. The van der Waals surface area contributed by atoms with Crippen molar-refractivity contribution in [3.05, 3.63) is 0 Å². The van der Waals surface area contributed by atoms with Gasteiger partial charge in [-0.15, -0.1) is 0 Å². The monoisotopic (exact) mass is 624 g/mol. The molecular formula is C41H87N2O+. The van der Waals surface area contributed by atoms with Gasteiger partial charge in [0.2, 0.25) is 0 Å². The van der Waals surface area contributed by atoms with Crippen LogP contribution in [0.1, 0.15) is 219 Å². The first-order valence-electron chi connectivity index (χ1n) is 20.8. The lowest BCUT2D eigenvalue weighted by atomic mass is 10.0. The van der Waals surface area contributed by atoms with Crippen molar-refractivity contribution < 1.29 is 9.22 Å². The summed E-state index contributed by atoms with van der Waals surface area (Å²) in [7, 11) is 2.49. The third-order valence-corrected chi connectivity index (χ3v) is 10.1. The Kier molecular flexibility index (Phi) is 37.2. The highest BCUT2D eigenvalue weighted by molar-refractivity contribution is 4.53. The normalized spacial score (nSPS) is 12.0. The molecule has 0 unspecified atom stereocenters. The largest absolute Gasteiger partial charge is 0.374 e. The van der Waals surface area contributed by atoms with Crippen molar-refractivity contribution in [3.8, 4) is 0 Å². The van der Waals surface area contributed by atoms with E-state index in [1.165, 1.54) is 223 Å². The summed E-state index contributed by atoms with van der Waals surface area (Å²) in [5.41, 5.74) is 5.65. The molecule has 0 aliphatic rings. The summed E-state index contributed by atoms with van der Waals surface area (Å²) in [6, 6.07) is 0. The highest BCUT2D eigenvalue weighted by Gasteiger charge is 2.20. The van der Waals surface area contributed by atoms with E-state index in [0.717, 1.165) is 13.2 Å². The number of rotatable bonds is 39. The fraction of sp³-hybridized carbons (Fsp3) is 1.00. The minimum atomic E-state index is 0.641. The van der Waals surface area contributed by atoms with Crippen LogP contribution in [0, 0.1) is 0 Å². The van der Waals surface area contributed by atoms with Crippen molar-refractivity contribution >= 4 is 0 Å². The molecule has 0 rings (SSSR count). The molecule has 2 N–H and O–H groups in total. The van der Waals surface area contributed by atoms with Crippen molar-refractivity contribution in [2.24, 2.45) is 5.73 Å². The molecule has 0 saturated heterocycles. The highest BCUT2D eigenvalue weighted by Crippen LogP contribution is 2.17. The van der Waals surface area contributed by atoms with E-state index < -0.39 is 0 Å². The Morgan fingerprint density at radius 3 is 0.841 bits per heavy atom. The summed E-state index contributed by atoms with van der Waals surface area (Å²) < 4.78 is 7.00. The maximum atomic E-state index is 5.80. The van der Waals surface area contributed by atoms with Crippen LogP contribution in [0.5, 0.6) is 0 Å². The summed E-state index contributed by atoms with van der Waals surface area (Å²) in [5.74, 6) is 0. The number of likely N-dealkylation sites (N-methyl/N-ethyl adjacent to an activating group) is 1. The predicted octanol–water partition coefficient (Wildman–Crippen LogP) is 12.9. The summed E-state index contributed by atoms with van der Waals surface area (Å²) in [6.45, 7) is 10.6. The maximum absolute atomic E-state index is 5.80. The zero-order chi connectivity index (χ0) is 32.1. The van der Waals surface area contributed by atoms with Crippen molar-refractivity contribution in [3.63, 3.8) is 0 Å². The summed E-state index contributed by atoms with van der Waals surface area (Å²) in [6.07, 6.45) is 46.2. The number of hydrogen-bond acceptors (Lipinski definition) is 2. The summed E-state index contributed by atoms with van der Waals surface area (Å²) >= 11 is 0. The van der Waals surface area contributed by atoms with Gasteiger partial charge in [0.05, 0.1) is 33.4 Å². The number of unbranched alkanes of at least 4 members (excludes halogenated alkanes) is 30. The van der Waals surface area contributed by atoms with Gasteiger partial charge in [0, 0.05) is 6.54 Å². The van der Waals surface area contributed by atoms with Gasteiger partial charge in [-0.1, -0.05) is 194 Å². The smallest absolute Gasteiger partial charge is 0.102 e.